The minimum absolute atomic E-state index is 0.0771. The molecule has 1 aromatic rings. The highest BCUT2D eigenvalue weighted by Crippen LogP contribution is 2.31. The Kier molecular flexibility index (Phi) is 7.36. The van der Waals surface area contributed by atoms with E-state index in [0.29, 0.717) is 19.0 Å². The second-order valence-electron chi connectivity index (χ2n) is 8.33. The predicted molar refractivity (Wildman–Crippen MR) is 114 cm³/mol. The van der Waals surface area contributed by atoms with Crippen LogP contribution in [-0.4, -0.2) is 67.1 Å². The summed E-state index contributed by atoms with van der Waals surface area (Å²) in [6, 6.07) is 7.28. The topological polar surface area (TPSA) is 73.9 Å². The van der Waals surface area contributed by atoms with Gasteiger partial charge >= 0.3 is 6.03 Å². The molecule has 0 aromatic heterocycles. The van der Waals surface area contributed by atoms with Gasteiger partial charge in [0, 0.05) is 37.9 Å². The number of rotatable bonds is 6. The van der Waals surface area contributed by atoms with Crippen LogP contribution < -0.4 is 15.4 Å². The Morgan fingerprint density at radius 2 is 1.66 bits per heavy atom. The van der Waals surface area contributed by atoms with Gasteiger partial charge in [-0.3, -0.25) is 9.69 Å². The van der Waals surface area contributed by atoms with Gasteiger partial charge in [-0.05, 0) is 56.9 Å². The Hall–Kier alpha value is -2.28. The number of carbonyl (C=O) groups is 2. The number of benzene rings is 1. The maximum absolute atomic E-state index is 12.9. The van der Waals surface area contributed by atoms with Crippen LogP contribution in [0.3, 0.4) is 0 Å². The summed E-state index contributed by atoms with van der Waals surface area (Å²) in [5.41, 5.74) is 0.748. The van der Waals surface area contributed by atoms with Gasteiger partial charge in [0.2, 0.25) is 5.91 Å². The smallest absolute Gasteiger partial charge is 0.321 e. The summed E-state index contributed by atoms with van der Waals surface area (Å²) >= 11 is 0. The first-order chi connectivity index (χ1) is 14.0. The maximum Gasteiger partial charge on any atom is 0.321 e. The third-order valence-electron chi connectivity index (χ3n) is 5.88. The van der Waals surface area contributed by atoms with Crippen LogP contribution in [-0.2, 0) is 4.79 Å². The molecule has 0 unspecified atom stereocenters. The largest absolute Gasteiger partial charge is 0.497 e. The van der Waals surface area contributed by atoms with E-state index in [1.165, 1.54) is 12.8 Å². The Bertz CT molecular complexity index is 678. The number of amides is 3. The van der Waals surface area contributed by atoms with Crippen LogP contribution in [0, 0.1) is 5.92 Å². The Labute approximate surface area is 173 Å². The zero-order valence-corrected chi connectivity index (χ0v) is 17.8. The zero-order valence-electron chi connectivity index (χ0n) is 17.8. The number of anilines is 1. The molecule has 3 amide bonds. The molecule has 29 heavy (non-hydrogen) atoms. The Morgan fingerprint density at radius 1 is 1.03 bits per heavy atom. The van der Waals surface area contributed by atoms with Crippen molar-refractivity contribution in [2.24, 2.45) is 5.92 Å². The molecule has 1 saturated heterocycles. The van der Waals surface area contributed by atoms with Crippen molar-refractivity contribution in [1.82, 2.24) is 15.1 Å². The molecule has 2 N–H and O–H groups in total. The molecule has 1 aliphatic heterocycles. The number of nitrogens with one attached hydrogen (secondary N) is 2. The minimum atomic E-state index is -0.0983. The second-order valence-corrected chi connectivity index (χ2v) is 8.33. The maximum atomic E-state index is 12.9. The predicted octanol–water partition coefficient (Wildman–Crippen LogP) is 2.93. The van der Waals surface area contributed by atoms with Gasteiger partial charge in [0.25, 0.3) is 0 Å². The first kappa shape index (κ1) is 21.4. The van der Waals surface area contributed by atoms with Crippen LogP contribution in [0.5, 0.6) is 5.75 Å². The fraction of sp³-hybridized carbons (Fsp3) is 0.636. The summed E-state index contributed by atoms with van der Waals surface area (Å²) < 4.78 is 5.15. The summed E-state index contributed by atoms with van der Waals surface area (Å²) in [5.74, 6) is 1.32. The molecular formula is C22H34N4O3. The monoisotopic (exact) mass is 402 g/mol. The number of nitrogens with zero attached hydrogens (tertiary/aromatic N) is 2. The quantitative estimate of drug-likeness (QED) is 0.767. The average Bonchev–Trinajstić information content (AvgIpc) is 3.23. The molecule has 1 aliphatic carbocycles. The van der Waals surface area contributed by atoms with Gasteiger partial charge in [-0.2, -0.15) is 0 Å². The third-order valence-corrected chi connectivity index (χ3v) is 5.88. The van der Waals surface area contributed by atoms with Gasteiger partial charge in [-0.1, -0.05) is 12.8 Å². The van der Waals surface area contributed by atoms with E-state index < -0.39 is 0 Å². The first-order valence-corrected chi connectivity index (χ1v) is 10.7. The van der Waals surface area contributed by atoms with E-state index >= 15 is 0 Å². The van der Waals surface area contributed by atoms with Crippen molar-refractivity contribution < 1.29 is 14.3 Å². The van der Waals surface area contributed by atoms with Crippen LogP contribution in [0.25, 0.3) is 0 Å². The van der Waals surface area contributed by atoms with Crippen LogP contribution >= 0.6 is 0 Å². The van der Waals surface area contributed by atoms with Gasteiger partial charge in [0.15, 0.2) is 0 Å². The van der Waals surface area contributed by atoms with Gasteiger partial charge in [-0.15, -0.1) is 0 Å². The number of urea groups is 1. The molecule has 0 bridgehead atoms. The number of hydrogen-bond acceptors (Lipinski definition) is 4. The van der Waals surface area contributed by atoms with E-state index in [-0.39, 0.29) is 24.0 Å². The van der Waals surface area contributed by atoms with Crippen LogP contribution in [0.15, 0.2) is 24.3 Å². The van der Waals surface area contributed by atoms with Gasteiger partial charge in [0.05, 0.1) is 13.2 Å². The normalized spacial score (nSPS) is 19.2. The number of ether oxygens (including phenoxy) is 1. The van der Waals surface area contributed by atoms with E-state index in [0.717, 1.165) is 37.4 Å². The zero-order chi connectivity index (χ0) is 20.8. The summed E-state index contributed by atoms with van der Waals surface area (Å²) in [7, 11) is 1.62. The molecule has 2 aliphatic rings. The summed E-state index contributed by atoms with van der Waals surface area (Å²) in [6.07, 6.45) is 4.66. The van der Waals surface area contributed by atoms with E-state index in [1.807, 2.05) is 43.0 Å². The Morgan fingerprint density at radius 3 is 2.21 bits per heavy atom. The molecular weight excluding hydrogens is 368 g/mol. The minimum Gasteiger partial charge on any atom is -0.497 e. The van der Waals surface area contributed by atoms with Crippen LogP contribution in [0.4, 0.5) is 10.5 Å². The number of carbonyl (C=O) groups excluding carboxylic acids is 2. The lowest BCUT2D eigenvalue weighted by Gasteiger charge is -2.41. The van der Waals surface area contributed by atoms with E-state index in [9.17, 15) is 9.59 Å². The standard InChI is InChI=1S/C22H34N4O3/c1-16(2)23-21(27)20(17-6-4-5-7-17)25-12-14-26(15-13-25)22(28)24-18-8-10-19(29-3)11-9-18/h8-11,16-17,20H,4-7,12-15H2,1-3H3,(H,23,27)(H,24,28)/t20-/m1/s1. The average molecular weight is 403 g/mol. The fourth-order valence-electron chi connectivity index (χ4n) is 4.40. The van der Waals surface area contributed by atoms with Gasteiger partial charge in [-0.25, -0.2) is 4.79 Å². The van der Waals surface area contributed by atoms with Crippen LogP contribution in [0.2, 0.25) is 0 Å². The third kappa shape index (κ3) is 5.63. The lowest BCUT2D eigenvalue weighted by atomic mass is 9.94. The number of hydrogen-bond donors (Lipinski definition) is 2. The molecule has 160 valence electrons. The van der Waals surface area contributed by atoms with Crippen molar-refractivity contribution >= 4 is 17.6 Å². The molecule has 1 aromatic carbocycles. The molecule has 3 rings (SSSR count). The summed E-state index contributed by atoms with van der Waals surface area (Å²) in [6.45, 7) is 6.71. The molecule has 1 saturated carbocycles. The number of piperazine rings is 1. The molecule has 7 heteroatoms. The molecule has 0 radical (unpaired) electrons. The van der Waals surface area contributed by atoms with Crippen molar-refractivity contribution in [2.45, 2.75) is 51.6 Å². The van der Waals surface area contributed by atoms with Crippen molar-refractivity contribution in [3.8, 4) is 5.75 Å². The number of methoxy groups -OCH3 is 1. The summed E-state index contributed by atoms with van der Waals surface area (Å²) in [4.78, 5) is 29.6. The molecule has 0 spiro atoms. The molecule has 2 fully saturated rings. The first-order valence-electron chi connectivity index (χ1n) is 10.7. The van der Waals surface area contributed by atoms with E-state index in [1.54, 1.807) is 7.11 Å². The fourth-order valence-corrected chi connectivity index (χ4v) is 4.40. The van der Waals surface area contributed by atoms with Gasteiger partial charge < -0.3 is 20.3 Å². The highest BCUT2D eigenvalue weighted by molar-refractivity contribution is 5.89. The van der Waals surface area contributed by atoms with Crippen molar-refractivity contribution in [3.05, 3.63) is 24.3 Å². The Balaban J connectivity index is 1.56. The summed E-state index contributed by atoms with van der Waals surface area (Å²) in [5, 5.41) is 6.05. The van der Waals surface area contributed by atoms with Gasteiger partial charge in [0.1, 0.15) is 5.75 Å². The van der Waals surface area contributed by atoms with Crippen molar-refractivity contribution in [2.75, 3.05) is 38.6 Å². The highest BCUT2D eigenvalue weighted by Gasteiger charge is 2.37. The lowest BCUT2D eigenvalue weighted by molar-refractivity contribution is -0.129. The molecule has 1 heterocycles. The van der Waals surface area contributed by atoms with Crippen molar-refractivity contribution in [3.63, 3.8) is 0 Å². The second kappa shape index (κ2) is 9.96. The van der Waals surface area contributed by atoms with E-state index in [2.05, 4.69) is 15.5 Å². The van der Waals surface area contributed by atoms with Crippen LogP contribution in [0.1, 0.15) is 39.5 Å². The SMILES string of the molecule is COc1ccc(NC(=O)N2CCN([C@@H](C(=O)NC(C)C)C3CCCC3)CC2)cc1. The van der Waals surface area contributed by atoms with Crippen molar-refractivity contribution in [1.29, 1.82) is 0 Å². The highest BCUT2D eigenvalue weighted by atomic mass is 16.5. The van der Waals surface area contributed by atoms with E-state index in [4.69, 9.17) is 4.74 Å². The lowest BCUT2D eigenvalue weighted by Crippen LogP contribution is -2.59. The molecule has 7 nitrogen and oxygen atoms in total. The molecule has 1 atom stereocenters.